The Hall–Kier alpha value is -0.980. The Morgan fingerprint density at radius 3 is 2.46 bits per heavy atom. The Morgan fingerprint density at radius 1 is 1.46 bits per heavy atom. The first-order chi connectivity index (χ1) is 5.95. The maximum atomic E-state index is 12.9. The highest BCUT2D eigenvalue weighted by Gasteiger charge is 2.10. The van der Waals surface area contributed by atoms with Crippen LogP contribution < -0.4 is 5.14 Å². The number of primary sulfonamides is 1. The van der Waals surface area contributed by atoms with Gasteiger partial charge in [-0.05, 0) is 12.1 Å². The summed E-state index contributed by atoms with van der Waals surface area (Å²) in [6, 6.07) is 3.10. The first-order valence-corrected chi connectivity index (χ1v) is 4.92. The zero-order chi connectivity index (χ0) is 10.1. The van der Waals surface area contributed by atoms with Crippen molar-refractivity contribution in [3.05, 3.63) is 29.6 Å². The molecular weight excluding hydrogens is 197 g/mol. The summed E-state index contributed by atoms with van der Waals surface area (Å²) in [6.07, 6.45) is 0. The van der Waals surface area contributed by atoms with E-state index in [1.165, 1.54) is 6.07 Å². The Kier molecular flexibility index (Phi) is 2.65. The number of rotatable bonds is 2. The van der Waals surface area contributed by atoms with E-state index in [1.54, 1.807) is 0 Å². The topological polar surface area (TPSA) is 80.4 Å². The second kappa shape index (κ2) is 3.41. The van der Waals surface area contributed by atoms with Crippen LogP contribution in [0.1, 0.15) is 5.56 Å². The van der Waals surface area contributed by atoms with Crippen LogP contribution in [0.5, 0.6) is 0 Å². The minimum Gasteiger partial charge on any atom is -0.392 e. The second-order valence-electron chi connectivity index (χ2n) is 2.46. The number of aliphatic hydroxyl groups excluding tert-OH is 1. The van der Waals surface area contributed by atoms with Gasteiger partial charge in [-0.1, -0.05) is 6.07 Å². The van der Waals surface area contributed by atoms with E-state index in [1.807, 2.05) is 0 Å². The average molecular weight is 205 g/mol. The maximum Gasteiger partial charge on any atom is 0.238 e. The van der Waals surface area contributed by atoms with Crippen LogP contribution in [0.25, 0.3) is 0 Å². The van der Waals surface area contributed by atoms with Gasteiger partial charge in [0, 0.05) is 5.56 Å². The molecule has 1 aromatic carbocycles. The number of hydrogen-bond donors (Lipinski definition) is 2. The summed E-state index contributed by atoms with van der Waals surface area (Å²) in [6.45, 7) is -0.475. The quantitative estimate of drug-likeness (QED) is 0.711. The Bertz CT molecular complexity index is 416. The van der Waals surface area contributed by atoms with Crippen LogP contribution in [0.2, 0.25) is 0 Å². The summed E-state index contributed by atoms with van der Waals surface area (Å²) in [4.78, 5) is -0.304. The summed E-state index contributed by atoms with van der Waals surface area (Å²) in [5.41, 5.74) is 0.0346. The molecule has 0 aliphatic carbocycles. The smallest absolute Gasteiger partial charge is 0.238 e. The highest BCUT2D eigenvalue weighted by molar-refractivity contribution is 7.89. The van der Waals surface area contributed by atoms with Gasteiger partial charge in [-0.2, -0.15) is 0 Å². The molecule has 3 N–H and O–H groups in total. The third-order valence-corrected chi connectivity index (χ3v) is 2.43. The molecule has 0 heterocycles. The number of halogens is 1. The minimum absolute atomic E-state index is 0.0346. The lowest BCUT2D eigenvalue weighted by Gasteiger charge is -2.01. The molecule has 72 valence electrons. The van der Waals surface area contributed by atoms with Crippen molar-refractivity contribution in [1.29, 1.82) is 0 Å². The van der Waals surface area contributed by atoms with Gasteiger partial charge in [-0.3, -0.25) is 0 Å². The van der Waals surface area contributed by atoms with Crippen LogP contribution in [0.4, 0.5) is 4.39 Å². The molecule has 0 atom stereocenters. The van der Waals surface area contributed by atoms with Crippen LogP contribution in [0.15, 0.2) is 23.1 Å². The van der Waals surface area contributed by atoms with E-state index in [-0.39, 0.29) is 10.5 Å². The van der Waals surface area contributed by atoms with Crippen molar-refractivity contribution in [3.8, 4) is 0 Å². The van der Waals surface area contributed by atoms with Gasteiger partial charge in [0.1, 0.15) is 5.82 Å². The zero-order valence-electron chi connectivity index (χ0n) is 6.57. The molecule has 0 aliphatic rings. The molecule has 1 aromatic rings. The Labute approximate surface area is 74.9 Å². The molecule has 0 aliphatic heterocycles. The normalized spacial score (nSPS) is 11.6. The predicted octanol–water partition coefficient (Wildman–Crippen LogP) is -0.0346. The zero-order valence-corrected chi connectivity index (χ0v) is 7.38. The molecule has 0 radical (unpaired) electrons. The standard InChI is InChI=1S/C7H8FNO3S/c8-7-3-6(13(9,11)12)2-1-5(7)4-10/h1-3,10H,4H2,(H2,9,11,12). The molecule has 0 saturated carbocycles. The van der Waals surface area contributed by atoms with E-state index >= 15 is 0 Å². The highest BCUT2D eigenvalue weighted by atomic mass is 32.2. The Morgan fingerprint density at radius 2 is 2.08 bits per heavy atom. The minimum atomic E-state index is -3.87. The van der Waals surface area contributed by atoms with Crippen molar-refractivity contribution >= 4 is 10.0 Å². The van der Waals surface area contributed by atoms with Crippen molar-refractivity contribution < 1.29 is 17.9 Å². The van der Waals surface area contributed by atoms with E-state index in [2.05, 4.69) is 0 Å². The van der Waals surface area contributed by atoms with Gasteiger partial charge in [0.25, 0.3) is 0 Å². The third kappa shape index (κ3) is 2.24. The van der Waals surface area contributed by atoms with Crippen LogP contribution in [-0.4, -0.2) is 13.5 Å². The molecule has 0 unspecified atom stereocenters. The van der Waals surface area contributed by atoms with Crippen molar-refractivity contribution in [3.63, 3.8) is 0 Å². The molecule has 0 fully saturated rings. The fourth-order valence-corrected chi connectivity index (χ4v) is 1.36. The molecule has 0 spiro atoms. The van der Waals surface area contributed by atoms with Crippen molar-refractivity contribution in [1.82, 2.24) is 0 Å². The largest absolute Gasteiger partial charge is 0.392 e. The van der Waals surface area contributed by atoms with E-state index in [9.17, 15) is 12.8 Å². The number of benzene rings is 1. The molecule has 0 saturated heterocycles. The molecule has 0 amide bonds. The summed E-state index contributed by atoms with van der Waals surface area (Å²) in [5.74, 6) is -0.783. The van der Waals surface area contributed by atoms with Gasteiger partial charge >= 0.3 is 0 Å². The molecule has 0 aromatic heterocycles. The first-order valence-electron chi connectivity index (χ1n) is 3.37. The van der Waals surface area contributed by atoms with E-state index in [4.69, 9.17) is 10.2 Å². The third-order valence-electron chi connectivity index (χ3n) is 1.52. The van der Waals surface area contributed by atoms with Crippen LogP contribution in [0, 0.1) is 5.82 Å². The number of hydrogen-bond acceptors (Lipinski definition) is 3. The lowest BCUT2D eigenvalue weighted by Crippen LogP contribution is -2.12. The summed E-state index contributed by atoms with van der Waals surface area (Å²) in [5, 5.41) is 13.4. The lowest BCUT2D eigenvalue weighted by atomic mass is 10.2. The van der Waals surface area contributed by atoms with E-state index in [0.717, 1.165) is 12.1 Å². The number of nitrogens with two attached hydrogens (primary N) is 1. The lowest BCUT2D eigenvalue weighted by molar-refractivity contribution is 0.275. The van der Waals surface area contributed by atoms with E-state index in [0.29, 0.717) is 0 Å². The fraction of sp³-hybridized carbons (Fsp3) is 0.143. The molecule has 4 nitrogen and oxygen atoms in total. The highest BCUT2D eigenvalue weighted by Crippen LogP contribution is 2.13. The van der Waals surface area contributed by atoms with Gasteiger partial charge in [-0.25, -0.2) is 17.9 Å². The summed E-state index contributed by atoms with van der Waals surface area (Å²) >= 11 is 0. The van der Waals surface area contributed by atoms with Gasteiger partial charge < -0.3 is 5.11 Å². The van der Waals surface area contributed by atoms with Crippen LogP contribution >= 0.6 is 0 Å². The van der Waals surface area contributed by atoms with Gasteiger partial charge in [0.15, 0.2) is 0 Å². The van der Waals surface area contributed by atoms with E-state index < -0.39 is 22.4 Å². The summed E-state index contributed by atoms with van der Waals surface area (Å²) in [7, 11) is -3.87. The summed E-state index contributed by atoms with van der Waals surface area (Å²) < 4.78 is 34.4. The molecule has 1 rings (SSSR count). The van der Waals surface area contributed by atoms with Gasteiger partial charge in [-0.15, -0.1) is 0 Å². The Balaban J connectivity index is 3.26. The van der Waals surface area contributed by atoms with Gasteiger partial charge in [0.05, 0.1) is 11.5 Å². The molecule has 0 bridgehead atoms. The van der Waals surface area contributed by atoms with Crippen molar-refractivity contribution in [2.45, 2.75) is 11.5 Å². The monoisotopic (exact) mass is 205 g/mol. The SMILES string of the molecule is NS(=O)(=O)c1ccc(CO)c(F)c1. The van der Waals surface area contributed by atoms with Crippen molar-refractivity contribution in [2.75, 3.05) is 0 Å². The maximum absolute atomic E-state index is 12.9. The number of sulfonamides is 1. The van der Waals surface area contributed by atoms with Crippen LogP contribution in [0.3, 0.4) is 0 Å². The number of aliphatic hydroxyl groups is 1. The predicted molar refractivity (Wildman–Crippen MR) is 43.7 cm³/mol. The molecule has 6 heteroatoms. The average Bonchev–Trinajstić information content (AvgIpc) is 2.02. The second-order valence-corrected chi connectivity index (χ2v) is 4.02. The van der Waals surface area contributed by atoms with Crippen LogP contribution in [-0.2, 0) is 16.6 Å². The fourth-order valence-electron chi connectivity index (χ4n) is 0.833. The molecule has 13 heavy (non-hydrogen) atoms. The van der Waals surface area contributed by atoms with Crippen molar-refractivity contribution in [2.24, 2.45) is 5.14 Å². The molecular formula is C7H8FNO3S. The first kappa shape index (κ1) is 10.1. The van der Waals surface area contributed by atoms with Gasteiger partial charge in [0.2, 0.25) is 10.0 Å².